The second-order valence-corrected chi connectivity index (χ2v) is 3.72. The van der Waals surface area contributed by atoms with Crippen LogP contribution in [0, 0.1) is 5.82 Å². The van der Waals surface area contributed by atoms with Gasteiger partial charge in [-0.15, -0.1) is 0 Å². The molecule has 0 aliphatic carbocycles. The van der Waals surface area contributed by atoms with E-state index in [9.17, 15) is 14.3 Å². The largest absolute Gasteiger partial charge is 0.479 e. The molecular weight excluding hydrogens is 237 g/mol. The van der Waals surface area contributed by atoms with Gasteiger partial charge in [-0.25, -0.2) is 9.18 Å². The number of aromatic nitrogens is 1. The zero-order valence-corrected chi connectivity index (χ0v) is 9.25. The van der Waals surface area contributed by atoms with Gasteiger partial charge in [0.05, 0.1) is 0 Å². The molecular formula is C13H10FNO3. The molecule has 0 amide bonds. The molecule has 1 aromatic carbocycles. The summed E-state index contributed by atoms with van der Waals surface area (Å²) in [5.41, 5.74) is 1.03. The van der Waals surface area contributed by atoms with Crippen molar-refractivity contribution in [3.63, 3.8) is 0 Å². The second-order valence-electron chi connectivity index (χ2n) is 3.72. The first-order chi connectivity index (χ1) is 8.59. The highest BCUT2D eigenvalue weighted by atomic mass is 19.1. The minimum absolute atomic E-state index is 0.254. The highest BCUT2D eigenvalue weighted by molar-refractivity contribution is 5.74. The average Bonchev–Trinajstić information content (AvgIpc) is 2.38. The van der Waals surface area contributed by atoms with E-state index in [2.05, 4.69) is 4.98 Å². The van der Waals surface area contributed by atoms with Gasteiger partial charge in [-0.2, -0.15) is 0 Å². The summed E-state index contributed by atoms with van der Waals surface area (Å²) in [6, 6.07) is 7.46. The first kappa shape index (κ1) is 12.2. The van der Waals surface area contributed by atoms with Crippen molar-refractivity contribution >= 4 is 5.97 Å². The fourth-order valence-corrected chi connectivity index (χ4v) is 1.59. The Kier molecular flexibility index (Phi) is 3.34. The number of hydrogen-bond donors (Lipinski definition) is 2. The molecule has 0 saturated heterocycles. The number of aliphatic hydroxyl groups excluding tert-OH is 1. The Morgan fingerprint density at radius 1 is 1.28 bits per heavy atom. The van der Waals surface area contributed by atoms with Crippen LogP contribution in [0.25, 0.3) is 11.1 Å². The molecule has 0 bridgehead atoms. The molecule has 0 fully saturated rings. The van der Waals surface area contributed by atoms with Crippen LogP contribution < -0.4 is 0 Å². The van der Waals surface area contributed by atoms with Gasteiger partial charge < -0.3 is 10.2 Å². The smallest absolute Gasteiger partial charge is 0.337 e. The minimum Gasteiger partial charge on any atom is -0.479 e. The summed E-state index contributed by atoms with van der Waals surface area (Å²) in [5.74, 6) is -2.24. The molecule has 2 N–H and O–H groups in total. The first-order valence-electron chi connectivity index (χ1n) is 5.20. The molecule has 1 heterocycles. The molecule has 5 heteroatoms. The fourth-order valence-electron chi connectivity index (χ4n) is 1.59. The third-order valence-electron chi connectivity index (χ3n) is 2.52. The summed E-state index contributed by atoms with van der Waals surface area (Å²) in [5, 5.41) is 17.9. The predicted molar refractivity (Wildman–Crippen MR) is 62.2 cm³/mol. The van der Waals surface area contributed by atoms with E-state index >= 15 is 0 Å². The molecule has 18 heavy (non-hydrogen) atoms. The average molecular weight is 247 g/mol. The van der Waals surface area contributed by atoms with Crippen molar-refractivity contribution in [3.05, 3.63) is 54.1 Å². The standard InChI is InChI=1S/C13H10FNO3/c14-11-6-8(9-2-1-5-15-7-9)3-4-10(11)12(16)13(17)18/h1-7,12,16H,(H,17,18). The van der Waals surface area contributed by atoms with Crippen molar-refractivity contribution in [3.8, 4) is 11.1 Å². The number of rotatable bonds is 3. The van der Waals surface area contributed by atoms with E-state index in [1.54, 1.807) is 30.6 Å². The zero-order chi connectivity index (χ0) is 13.1. The van der Waals surface area contributed by atoms with Crippen molar-refractivity contribution in [2.75, 3.05) is 0 Å². The summed E-state index contributed by atoms with van der Waals surface area (Å²) >= 11 is 0. The van der Waals surface area contributed by atoms with E-state index in [1.165, 1.54) is 12.1 Å². The lowest BCUT2D eigenvalue weighted by Gasteiger charge is -2.09. The summed E-state index contributed by atoms with van der Waals surface area (Å²) in [4.78, 5) is 14.5. The summed E-state index contributed by atoms with van der Waals surface area (Å²) in [6.07, 6.45) is 1.32. The maximum Gasteiger partial charge on any atom is 0.337 e. The summed E-state index contributed by atoms with van der Waals surface area (Å²) < 4.78 is 13.7. The van der Waals surface area contributed by atoms with E-state index in [-0.39, 0.29) is 5.56 Å². The quantitative estimate of drug-likeness (QED) is 0.870. The maximum atomic E-state index is 13.7. The molecule has 0 aliphatic heterocycles. The van der Waals surface area contributed by atoms with Gasteiger partial charge in [0.2, 0.25) is 0 Å². The van der Waals surface area contributed by atoms with Crippen molar-refractivity contribution < 1.29 is 19.4 Å². The minimum atomic E-state index is -1.85. The molecule has 0 radical (unpaired) electrons. The lowest BCUT2D eigenvalue weighted by molar-refractivity contribution is -0.147. The Labute approximate surface area is 102 Å². The zero-order valence-electron chi connectivity index (χ0n) is 9.25. The van der Waals surface area contributed by atoms with Crippen LogP contribution in [-0.2, 0) is 4.79 Å². The van der Waals surface area contributed by atoms with E-state index < -0.39 is 17.9 Å². The van der Waals surface area contributed by atoms with Gasteiger partial charge >= 0.3 is 5.97 Å². The molecule has 1 atom stereocenters. The molecule has 0 aliphatic rings. The molecule has 92 valence electrons. The van der Waals surface area contributed by atoms with E-state index in [0.29, 0.717) is 11.1 Å². The van der Waals surface area contributed by atoms with Crippen molar-refractivity contribution in [1.29, 1.82) is 0 Å². The van der Waals surface area contributed by atoms with Crippen molar-refractivity contribution in [1.82, 2.24) is 4.98 Å². The van der Waals surface area contributed by atoms with Crippen LogP contribution in [0.1, 0.15) is 11.7 Å². The molecule has 2 aromatic rings. The second kappa shape index (κ2) is 4.93. The number of benzene rings is 1. The normalized spacial score (nSPS) is 12.1. The maximum absolute atomic E-state index is 13.7. The van der Waals surface area contributed by atoms with Crippen LogP contribution >= 0.6 is 0 Å². The third kappa shape index (κ3) is 2.36. The number of hydrogen-bond acceptors (Lipinski definition) is 3. The number of aliphatic hydroxyl groups is 1. The van der Waals surface area contributed by atoms with Crippen LogP contribution in [0.15, 0.2) is 42.7 Å². The predicted octanol–water partition coefficient (Wildman–Crippen LogP) is 2.01. The van der Waals surface area contributed by atoms with Crippen molar-refractivity contribution in [2.45, 2.75) is 6.10 Å². The van der Waals surface area contributed by atoms with Gasteiger partial charge in [-0.05, 0) is 17.7 Å². The molecule has 0 saturated carbocycles. The van der Waals surface area contributed by atoms with E-state index in [1.807, 2.05) is 0 Å². The van der Waals surface area contributed by atoms with E-state index in [4.69, 9.17) is 5.11 Å². The Balaban J connectivity index is 2.40. The molecule has 0 spiro atoms. The van der Waals surface area contributed by atoms with Crippen LogP contribution in [0.2, 0.25) is 0 Å². The molecule has 1 aromatic heterocycles. The van der Waals surface area contributed by atoms with Crippen molar-refractivity contribution in [2.24, 2.45) is 0 Å². The SMILES string of the molecule is O=C(O)C(O)c1ccc(-c2cccnc2)cc1F. The van der Waals surface area contributed by atoms with Crippen LogP contribution in [-0.4, -0.2) is 21.2 Å². The van der Waals surface area contributed by atoms with Gasteiger partial charge in [-0.1, -0.05) is 18.2 Å². The summed E-state index contributed by atoms with van der Waals surface area (Å²) in [6.45, 7) is 0. The lowest BCUT2D eigenvalue weighted by Crippen LogP contribution is -2.12. The number of carboxylic acid groups (broad SMARTS) is 1. The Morgan fingerprint density at radius 3 is 2.61 bits per heavy atom. The fraction of sp³-hybridized carbons (Fsp3) is 0.0769. The Bertz CT molecular complexity index is 572. The number of pyridine rings is 1. The van der Waals surface area contributed by atoms with Crippen LogP contribution in [0.4, 0.5) is 4.39 Å². The topological polar surface area (TPSA) is 70.4 Å². The van der Waals surface area contributed by atoms with Gasteiger partial charge in [0, 0.05) is 23.5 Å². The van der Waals surface area contributed by atoms with E-state index in [0.717, 1.165) is 0 Å². The van der Waals surface area contributed by atoms with Crippen LogP contribution in [0.3, 0.4) is 0 Å². The number of carboxylic acids is 1. The highest BCUT2D eigenvalue weighted by Gasteiger charge is 2.20. The number of aliphatic carboxylic acids is 1. The van der Waals surface area contributed by atoms with Gasteiger partial charge in [-0.3, -0.25) is 4.98 Å². The third-order valence-corrected chi connectivity index (χ3v) is 2.52. The Morgan fingerprint density at radius 2 is 2.06 bits per heavy atom. The van der Waals surface area contributed by atoms with Gasteiger partial charge in [0.25, 0.3) is 0 Å². The monoisotopic (exact) mass is 247 g/mol. The first-order valence-corrected chi connectivity index (χ1v) is 5.20. The number of carbonyl (C=O) groups is 1. The number of nitrogens with zero attached hydrogens (tertiary/aromatic N) is 1. The number of halogens is 1. The molecule has 1 unspecified atom stereocenters. The van der Waals surface area contributed by atoms with Gasteiger partial charge in [0.1, 0.15) is 5.82 Å². The molecule has 2 rings (SSSR count). The van der Waals surface area contributed by atoms with Crippen LogP contribution in [0.5, 0.6) is 0 Å². The summed E-state index contributed by atoms with van der Waals surface area (Å²) in [7, 11) is 0. The highest BCUT2D eigenvalue weighted by Crippen LogP contribution is 2.24. The molecule has 4 nitrogen and oxygen atoms in total. The lowest BCUT2D eigenvalue weighted by atomic mass is 10.0. The Hall–Kier alpha value is -2.27. The van der Waals surface area contributed by atoms with Gasteiger partial charge in [0.15, 0.2) is 6.10 Å².